The van der Waals surface area contributed by atoms with Gasteiger partial charge >= 0.3 is 6.03 Å². The molecule has 0 bridgehead atoms. The van der Waals surface area contributed by atoms with E-state index in [9.17, 15) is 4.79 Å². The van der Waals surface area contributed by atoms with Crippen molar-refractivity contribution in [1.29, 1.82) is 0 Å². The van der Waals surface area contributed by atoms with E-state index in [0.29, 0.717) is 12.5 Å². The smallest absolute Gasteiger partial charge is 0.315 e. The van der Waals surface area contributed by atoms with Gasteiger partial charge in [0.05, 0.1) is 6.54 Å². The molecule has 0 aliphatic carbocycles. The molecule has 0 aromatic carbocycles. The molecule has 1 aromatic heterocycles. The van der Waals surface area contributed by atoms with E-state index in [4.69, 9.17) is 4.74 Å². The fraction of sp³-hybridized carbons (Fsp3) is 0.643. The fourth-order valence-electron chi connectivity index (χ4n) is 2.34. The normalized spacial score (nSPS) is 18.0. The summed E-state index contributed by atoms with van der Waals surface area (Å²) >= 11 is 1.68. The zero-order valence-electron chi connectivity index (χ0n) is 11.6. The Labute approximate surface area is 118 Å². The third-order valence-corrected chi connectivity index (χ3v) is 4.73. The van der Waals surface area contributed by atoms with E-state index < -0.39 is 0 Å². The summed E-state index contributed by atoms with van der Waals surface area (Å²) in [6, 6.07) is 2.20. The summed E-state index contributed by atoms with van der Waals surface area (Å²) in [4.78, 5) is 13.1. The first kappa shape index (κ1) is 14.3. The van der Waals surface area contributed by atoms with E-state index in [2.05, 4.69) is 35.9 Å². The highest BCUT2D eigenvalue weighted by Crippen LogP contribution is 2.18. The van der Waals surface area contributed by atoms with E-state index in [1.165, 1.54) is 10.4 Å². The molecule has 19 heavy (non-hydrogen) atoms. The van der Waals surface area contributed by atoms with Crippen LogP contribution in [-0.2, 0) is 11.3 Å². The first-order valence-electron chi connectivity index (χ1n) is 6.82. The summed E-state index contributed by atoms with van der Waals surface area (Å²) in [6.45, 7) is 6.37. The summed E-state index contributed by atoms with van der Waals surface area (Å²) in [7, 11) is 0. The Morgan fingerprint density at radius 1 is 1.53 bits per heavy atom. The number of thiophene rings is 1. The van der Waals surface area contributed by atoms with Gasteiger partial charge in [-0.15, -0.1) is 11.3 Å². The molecule has 1 fully saturated rings. The second-order valence-electron chi connectivity index (χ2n) is 5.09. The fourth-order valence-corrected chi connectivity index (χ4v) is 3.18. The van der Waals surface area contributed by atoms with Gasteiger partial charge in [0, 0.05) is 24.1 Å². The van der Waals surface area contributed by atoms with Crippen molar-refractivity contribution in [3.8, 4) is 0 Å². The molecule has 0 unspecified atom stereocenters. The lowest BCUT2D eigenvalue weighted by molar-refractivity contribution is 0.0571. The van der Waals surface area contributed by atoms with Crippen LogP contribution < -0.4 is 10.6 Å². The lowest BCUT2D eigenvalue weighted by Crippen LogP contribution is -2.45. The molecule has 2 amide bonds. The Bertz CT molecular complexity index is 413. The van der Waals surface area contributed by atoms with Crippen molar-refractivity contribution in [3.05, 3.63) is 21.9 Å². The Kier molecular flexibility index (Phi) is 5.22. The average molecular weight is 282 g/mol. The number of hydrogen-bond donors (Lipinski definition) is 2. The minimum Gasteiger partial charge on any atom is -0.381 e. The molecule has 1 aromatic rings. The molecular formula is C14H22N2O2S. The lowest BCUT2D eigenvalue weighted by Gasteiger charge is -2.28. The molecule has 1 aliphatic rings. The zero-order valence-corrected chi connectivity index (χ0v) is 12.4. The van der Waals surface area contributed by atoms with Crippen LogP contribution in [0.1, 0.15) is 30.2 Å². The number of ether oxygens (including phenoxy) is 1. The number of carbonyl (C=O) groups excluding carboxylic acids is 1. The zero-order chi connectivity index (χ0) is 13.7. The van der Waals surface area contributed by atoms with Gasteiger partial charge in [0.25, 0.3) is 0 Å². The van der Waals surface area contributed by atoms with Crippen LogP contribution in [0.4, 0.5) is 4.79 Å². The van der Waals surface area contributed by atoms with Crippen LogP contribution in [0.3, 0.4) is 0 Å². The standard InChI is InChI=1S/C14H22N2O2S/c1-10-5-8-19-13(10)9-15-14(17)16-11(2)12-3-6-18-7-4-12/h5,8,11-12H,3-4,6-7,9H2,1-2H3,(H2,15,16,17)/t11-/m0/s1. The molecule has 1 aliphatic heterocycles. The SMILES string of the molecule is Cc1ccsc1CNC(=O)N[C@@H](C)C1CCOCC1. The van der Waals surface area contributed by atoms with Crippen LogP contribution in [-0.4, -0.2) is 25.3 Å². The van der Waals surface area contributed by atoms with Gasteiger partial charge < -0.3 is 15.4 Å². The first-order valence-corrected chi connectivity index (χ1v) is 7.70. The van der Waals surface area contributed by atoms with Crippen molar-refractivity contribution >= 4 is 17.4 Å². The Morgan fingerprint density at radius 3 is 2.89 bits per heavy atom. The van der Waals surface area contributed by atoms with Crippen LogP contribution in [0.2, 0.25) is 0 Å². The van der Waals surface area contributed by atoms with Crippen molar-refractivity contribution < 1.29 is 9.53 Å². The molecule has 1 saturated heterocycles. The molecule has 0 saturated carbocycles. The third kappa shape index (κ3) is 4.21. The molecule has 1 atom stereocenters. The summed E-state index contributed by atoms with van der Waals surface area (Å²) in [6.07, 6.45) is 2.07. The van der Waals surface area contributed by atoms with E-state index in [0.717, 1.165) is 26.1 Å². The van der Waals surface area contributed by atoms with Crippen LogP contribution in [0, 0.1) is 12.8 Å². The van der Waals surface area contributed by atoms with Crippen molar-refractivity contribution in [2.75, 3.05) is 13.2 Å². The van der Waals surface area contributed by atoms with Crippen LogP contribution in [0.25, 0.3) is 0 Å². The second kappa shape index (κ2) is 6.91. The largest absolute Gasteiger partial charge is 0.381 e. The Balaban J connectivity index is 1.73. The maximum absolute atomic E-state index is 11.9. The molecule has 5 heteroatoms. The quantitative estimate of drug-likeness (QED) is 0.892. The number of hydrogen-bond acceptors (Lipinski definition) is 3. The lowest BCUT2D eigenvalue weighted by atomic mass is 9.93. The third-order valence-electron chi connectivity index (χ3n) is 3.71. The highest BCUT2D eigenvalue weighted by molar-refractivity contribution is 7.10. The average Bonchev–Trinajstić information content (AvgIpc) is 2.83. The summed E-state index contributed by atoms with van der Waals surface area (Å²) in [5.74, 6) is 0.531. The van der Waals surface area contributed by atoms with Crippen molar-refractivity contribution in [2.24, 2.45) is 5.92 Å². The molecule has 2 heterocycles. The molecule has 106 valence electrons. The maximum Gasteiger partial charge on any atom is 0.315 e. The summed E-state index contributed by atoms with van der Waals surface area (Å²) in [5.41, 5.74) is 1.24. The number of urea groups is 1. The molecule has 0 radical (unpaired) electrons. The van der Waals surface area contributed by atoms with E-state index in [1.54, 1.807) is 11.3 Å². The number of nitrogens with one attached hydrogen (secondary N) is 2. The summed E-state index contributed by atoms with van der Waals surface area (Å²) < 4.78 is 5.34. The molecule has 4 nitrogen and oxygen atoms in total. The number of aryl methyl sites for hydroxylation is 1. The highest BCUT2D eigenvalue weighted by atomic mass is 32.1. The number of carbonyl (C=O) groups is 1. The minimum atomic E-state index is -0.0770. The van der Waals surface area contributed by atoms with Gasteiger partial charge in [0.2, 0.25) is 0 Å². The first-order chi connectivity index (χ1) is 9.16. The predicted octanol–water partition coefficient (Wildman–Crippen LogP) is 2.67. The van der Waals surface area contributed by atoms with Crippen LogP contribution >= 0.6 is 11.3 Å². The predicted molar refractivity (Wildman–Crippen MR) is 77.4 cm³/mol. The Hall–Kier alpha value is -1.07. The minimum absolute atomic E-state index is 0.0770. The number of amides is 2. The van der Waals surface area contributed by atoms with E-state index in [1.807, 2.05) is 0 Å². The van der Waals surface area contributed by atoms with Gasteiger partial charge in [-0.25, -0.2) is 4.79 Å². The van der Waals surface area contributed by atoms with Crippen molar-refractivity contribution in [2.45, 2.75) is 39.3 Å². The van der Waals surface area contributed by atoms with Crippen LogP contribution in [0.5, 0.6) is 0 Å². The Morgan fingerprint density at radius 2 is 2.26 bits per heavy atom. The van der Waals surface area contributed by atoms with Crippen molar-refractivity contribution in [3.63, 3.8) is 0 Å². The van der Waals surface area contributed by atoms with E-state index >= 15 is 0 Å². The van der Waals surface area contributed by atoms with E-state index in [-0.39, 0.29) is 12.1 Å². The van der Waals surface area contributed by atoms with Gasteiger partial charge in [-0.3, -0.25) is 0 Å². The van der Waals surface area contributed by atoms with Crippen molar-refractivity contribution in [1.82, 2.24) is 10.6 Å². The maximum atomic E-state index is 11.9. The van der Waals surface area contributed by atoms with Gasteiger partial charge in [0.15, 0.2) is 0 Å². The molecule has 0 spiro atoms. The molecule has 2 rings (SSSR count). The summed E-state index contributed by atoms with van der Waals surface area (Å²) in [5, 5.41) is 8.01. The highest BCUT2D eigenvalue weighted by Gasteiger charge is 2.21. The second-order valence-corrected chi connectivity index (χ2v) is 6.09. The van der Waals surface area contributed by atoms with Gasteiger partial charge in [-0.1, -0.05) is 0 Å². The topological polar surface area (TPSA) is 50.4 Å². The van der Waals surface area contributed by atoms with Gasteiger partial charge in [-0.2, -0.15) is 0 Å². The van der Waals surface area contributed by atoms with Crippen LogP contribution in [0.15, 0.2) is 11.4 Å². The number of rotatable bonds is 4. The van der Waals surface area contributed by atoms with Gasteiger partial charge in [-0.05, 0) is 49.6 Å². The van der Waals surface area contributed by atoms with Gasteiger partial charge in [0.1, 0.15) is 0 Å². The monoisotopic (exact) mass is 282 g/mol. The molecular weight excluding hydrogens is 260 g/mol. The molecule has 2 N–H and O–H groups in total.